The van der Waals surface area contributed by atoms with Crippen LogP contribution < -0.4 is 5.32 Å². The smallest absolute Gasteiger partial charge is 0.275 e. The SMILES string of the molecule is Cc1ccc(NC(=O)c2cn(-c3ncccc3-c3nc(C4CC4)no3)cn2)c(C)c1. The van der Waals surface area contributed by atoms with E-state index in [0.29, 0.717) is 23.2 Å². The van der Waals surface area contributed by atoms with Gasteiger partial charge in [0.15, 0.2) is 11.6 Å². The van der Waals surface area contributed by atoms with E-state index in [2.05, 4.69) is 25.4 Å². The number of pyridine rings is 1. The van der Waals surface area contributed by atoms with Gasteiger partial charge in [0.25, 0.3) is 11.8 Å². The topological polar surface area (TPSA) is 98.7 Å². The van der Waals surface area contributed by atoms with Crippen LogP contribution >= 0.6 is 0 Å². The molecule has 1 saturated carbocycles. The van der Waals surface area contributed by atoms with Crippen LogP contribution in [0.2, 0.25) is 0 Å². The van der Waals surface area contributed by atoms with Crippen molar-refractivity contribution in [2.24, 2.45) is 0 Å². The molecule has 3 aromatic heterocycles. The van der Waals surface area contributed by atoms with E-state index in [9.17, 15) is 4.79 Å². The fraction of sp³-hybridized carbons (Fsp3) is 0.227. The second kappa shape index (κ2) is 7.22. The Morgan fingerprint density at radius 3 is 2.87 bits per heavy atom. The van der Waals surface area contributed by atoms with Crippen molar-refractivity contribution < 1.29 is 9.32 Å². The van der Waals surface area contributed by atoms with E-state index in [1.165, 1.54) is 0 Å². The lowest BCUT2D eigenvalue weighted by molar-refractivity contribution is 0.102. The summed E-state index contributed by atoms with van der Waals surface area (Å²) in [6, 6.07) is 9.55. The maximum absolute atomic E-state index is 12.7. The van der Waals surface area contributed by atoms with Crippen molar-refractivity contribution in [2.45, 2.75) is 32.6 Å². The van der Waals surface area contributed by atoms with E-state index in [0.717, 1.165) is 35.5 Å². The normalized spacial score (nSPS) is 13.4. The van der Waals surface area contributed by atoms with E-state index in [4.69, 9.17) is 4.52 Å². The first kappa shape index (κ1) is 18.2. The lowest BCUT2D eigenvalue weighted by atomic mass is 10.1. The van der Waals surface area contributed by atoms with Gasteiger partial charge in [-0.05, 0) is 50.5 Å². The van der Waals surface area contributed by atoms with E-state index < -0.39 is 0 Å². The summed E-state index contributed by atoms with van der Waals surface area (Å²) < 4.78 is 7.14. The number of amides is 1. The molecule has 0 spiro atoms. The van der Waals surface area contributed by atoms with Gasteiger partial charge in [0.1, 0.15) is 12.0 Å². The molecule has 5 rings (SSSR count). The molecule has 8 heteroatoms. The summed E-state index contributed by atoms with van der Waals surface area (Å²) in [7, 11) is 0. The summed E-state index contributed by atoms with van der Waals surface area (Å²) in [5, 5.41) is 6.99. The Morgan fingerprint density at radius 2 is 2.07 bits per heavy atom. The predicted octanol–water partition coefficient (Wildman–Crippen LogP) is 4.06. The van der Waals surface area contributed by atoms with E-state index in [1.807, 2.05) is 44.2 Å². The summed E-state index contributed by atoms with van der Waals surface area (Å²) >= 11 is 0. The van der Waals surface area contributed by atoms with Gasteiger partial charge in [-0.2, -0.15) is 4.98 Å². The van der Waals surface area contributed by atoms with Gasteiger partial charge in [0.05, 0.1) is 5.56 Å². The van der Waals surface area contributed by atoms with Gasteiger partial charge >= 0.3 is 0 Å². The molecule has 0 saturated heterocycles. The third-order valence-electron chi connectivity index (χ3n) is 5.09. The highest BCUT2D eigenvalue weighted by Crippen LogP contribution is 2.39. The molecular formula is C22H20N6O2. The first-order valence-electron chi connectivity index (χ1n) is 9.80. The van der Waals surface area contributed by atoms with Gasteiger partial charge in [-0.1, -0.05) is 22.9 Å². The van der Waals surface area contributed by atoms with Crippen LogP contribution in [0, 0.1) is 13.8 Å². The monoisotopic (exact) mass is 400 g/mol. The molecule has 1 aliphatic rings. The van der Waals surface area contributed by atoms with Crippen molar-refractivity contribution in [1.29, 1.82) is 0 Å². The molecule has 4 aromatic rings. The van der Waals surface area contributed by atoms with Crippen molar-refractivity contribution in [3.63, 3.8) is 0 Å². The molecule has 1 amide bonds. The van der Waals surface area contributed by atoms with Crippen LogP contribution in [-0.4, -0.2) is 30.6 Å². The largest absolute Gasteiger partial charge is 0.334 e. The molecule has 0 aliphatic heterocycles. The fourth-order valence-electron chi connectivity index (χ4n) is 3.32. The molecule has 1 aromatic carbocycles. The highest BCUT2D eigenvalue weighted by Gasteiger charge is 2.29. The summed E-state index contributed by atoms with van der Waals surface area (Å²) in [6.45, 7) is 3.98. The summed E-state index contributed by atoms with van der Waals surface area (Å²) in [6.07, 6.45) is 7.06. The number of hydrogen-bond donors (Lipinski definition) is 1. The second-order valence-corrected chi connectivity index (χ2v) is 7.55. The average molecular weight is 400 g/mol. The Morgan fingerprint density at radius 1 is 1.20 bits per heavy atom. The number of aryl methyl sites for hydroxylation is 2. The van der Waals surface area contributed by atoms with Gasteiger partial charge in [0, 0.05) is 24.0 Å². The molecular weight excluding hydrogens is 380 g/mol. The van der Waals surface area contributed by atoms with Gasteiger partial charge in [0.2, 0.25) is 0 Å². The number of nitrogens with zero attached hydrogens (tertiary/aromatic N) is 5. The zero-order valence-electron chi connectivity index (χ0n) is 16.7. The number of anilines is 1. The number of benzene rings is 1. The molecule has 1 fully saturated rings. The molecule has 3 heterocycles. The highest BCUT2D eigenvalue weighted by atomic mass is 16.5. The maximum Gasteiger partial charge on any atom is 0.275 e. The predicted molar refractivity (Wildman–Crippen MR) is 110 cm³/mol. The van der Waals surface area contributed by atoms with Gasteiger partial charge < -0.3 is 9.84 Å². The molecule has 1 aliphatic carbocycles. The first-order valence-corrected chi connectivity index (χ1v) is 9.80. The molecule has 150 valence electrons. The van der Waals surface area contributed by atoms with Crippen molar-refractivity contribution >= 4 is 11.6 Å². The van der Waals surface area contributed by atoms with Crippen molar-refractivity contribution in [3.8, 4) is 17.3 Å². The number of nitrogens with one attached hydrogen (secondary N) is 1. The first-order chi connectivity index (χ1) is 14.6. The highest BCUT2D eigenvalue weighted by molar-refractivity contribution is 6.03. The third kappa shape index (κ3) is 3.47. The third-order valence-corrected chi connectivity index (χ3v) is 5.09. The molecule has 0 bridgehead atoms. The molecule has 1 N–H and O–H groups in total. The zero-order chi connectivity index (χ0) is 20.7. The number of carbonyl (C=O) groups is 1. The Bertz CT molecular complexity index is 1240. The Labute approximate surface area is 173 Å². The number of carbonyl (C=O) groups excluding carboxylic acids is 1. The average Bonchev–Trinajstić information content (AvgIpc) is 3.27. The summed E-state index contributed by atoms with van der Waals surface area (Å²) in [4.78, 5) is 25.9. The van der Waals surface area contributed by atoms with Crippen LogP contribution in [0.15, 0.2) is 53.6 Å². The number of rotatable bonds is 5. The number of imidazole rings is 1. The molecule has 0 radical (unpaired) electrons. The zero-order valence-corrected chi connectivity index (χ0v) is 16.7. The second-order valence-electron chi connectivity index (χ2n) is 7.55. The Kier molecular flexibility index (Phi) is 4.39. The van der Waals surface area contributed by atoms with Crippen LogP contribution in [0.3, 0.4) is 0 Å². The fourth-order valence-corrected chi connectivity index (χ4v) is 3.32. The van der Waals surface area contributed by atoms with E-state index in [1.54, 1.807) is 23.3 Å². The van der Waals surface area contributed by atoms with E-state index in [-0.39, 0.29) is 11.6 Å². The maximum atomic E-state index is 12.7. The summed E-state index contributed by atoms with van der Waals surface area (Å²) in [5.41, 5.74) is 3.88. The standard InChI is InChI=1S/C22H20N6O2/c1-13-5-8-17(14(2)10-13)25-21(29)18-11-28(12-24-18)20-16(4-3-9-23-20)22-26-19(27-30-22)15-6-7-15/h3-5,8-12,15H,6-7H2,1-2H3,(H,25,29). The number of hydrogen-bond acceptors (Lipinski definition) is 6. The summed E-state index contributed by atoms with van der Waals surface area (Å²) in [5.74, 6) is 1.83. The minimum atomic E-state index is -0.285. The van der Waals surface area contributed by atoms with Crippen molar-refractivity contribution in [3.05, 3.63) is 71.7 Å². The Balaban J connectivity index is 1.42. The molecule has 0 unspecified atom stereocenters. The molecule has 0 atom stereocenters. The Hall–Kier alpha value is -3.81. The lowest BCUT2D eigenvalue weighted by Gasteiger charge is -2.08. The van der Waals surface area contributed by atoms with Crippen LogP contribution in [0.1, 0.15) is 46.2 Å². The quantitative estimate of drug-likeness (QED) is 0.542. The molecule has 30 heavy (non-hydrogen) atoms. The van der Waals surface area contributed by atoms with Gasteiger partial charge in [-0.25, -0.2) is 9.97 Å². The van der Waals surface area contributed by atoms with E-state index >= 15 is 0 Å². The lowest BCUT2D eigenvalue weighted by Crippen LogP contribution is -2.13. The van der Waals surface area contributed by atoms with Crippen LogP contribution in [0.5, 0.6) is 0 Å². The van der Waals surface area contributed by atoms with Gasteiger partial charge in [-0.15, -0.1) is 0 Å². The van der Waals surface area contributed by atoms with Crippen LogP contribution in [0.25, 0.3) is 17.3 Å². The minimum Gasteiger partial charge on any atom is -0.334 e. The van der Waals surface area contributed by atoms with Gasteiger partial charge in [-0.3, -0.25) is 9.36 Å². The molecule has 8 nitrogen and oxygen atoms in total. The number of aromatic nitrogens is 5. The van der Waals surface area contributed by atoms with Crippen molar-refractivity contribution in [2.75, 3.05) is 5.32 Å². The van der Waals surface area contributed by atoms with Crippen molar-refractivity contribution in [1.82, 2.24) is 24.7 Å². The minimum absolute atomic E-state index is 0.285. The van der Waals surface area contributed by atoms with Crippen LogP contribution in [-0.2, 0) is 0 Å². The van der Waals surface area contributed by atoms with Crippen LogP contribution in [0.4, 0.5) is 5.69 Å².